The smallest absolute Gasteiger partial charge is 0.375 e. The van der Waals surface area contributed by atoms with E-state index in [0.717, 1.165) is 5.39 Å². The normalized spacial score (nSPS) is 12.5. The first kappa shape index (κ1) is 20.3. The highest BCUT2D eigenvalue weighted by atomic mass is 32.2. The van der Waals surface area contributed by atoms with E-state index < -0.39 is 29.8 Å². The van der Waals surface area contributed by atoms with Crippen LogP contribution in [0.2, 0.25) is 0 Å². The molecule has 30 heavy (non-hydrogen) atoms. The minimum absolute atomic E-state index is 0.135. The number of fused-ring (bicyclic) bond motifs is 2. The molecule has 4 nitrogen and oxygen atoms in total. The highest BCUT2D eigenvalue weighted by Crippen LogP contribution is 2.42. The average Bonchev–Trinajstić information content (AvgIpc) is 2.72. The number of hydrogen-bond acceptors (Lipinski definition) is 4. The van der Waals surface area contributed by atoms with E-state index in [1.54, 1.807) is 60.7 Å². The summed E-state index contributed by atoms with van der Waals surface area (Å²) in [5.41, 5.74) is -5.08. The lowest BCUT2D eigenvalue weighted by Gasteiger charge is -2.16. The van der Waals surface area contributed by atoms with Crippen LogP contribution in [-0.2, 0) is 14.7 Å². The summed E-state index contributed by atoms with van der Waals surface area (Å²) < 4.78 is 79.0. The van der Waals surface area contributed by atoms with Gasteiger partial charge in [-0.2, -0.15) is 21.6 Å². The van der Waals surface area contributed by atoms with E-state index in [1.165, 1.54) is 12.1 Å². The van der Waals surface area contributed by atoms with Gasteiger partial charge in [-0.3, -0.25) is 0 Å². The average molecular weight is 449 g/mol. The SMILES string of the molecule is O=[PH+]c1ccc2ccccc2c1-c1c(OS(=O)(=O)C(F)(F)F)ccc2ccccc12. The first-order valence-electron chi connectivity index (χ1n) is 8.66. The van der Waals surface area contributed by atoms with Crippen molar-refractivity contribution in [3.63, 3.8) is 0 Å². The maximum absolute atomic E-state index is 13.0. The van der Waals surface area contributed by atoms with Gasteiger partial charge in [-0.25, -0.2) is 0 Å². The standard InChI is InChI=1S/C21H12F3O4PS/c22-21(23,24)30(26,27)28-17-11-9-13-5-1-3-7-15(13)19(17)20-16-8-4-2-6-14(16)10-12-18(20)29-25/h1-12H/p+1. The Morgan fingerprint density at radius 3 is 1.83 bits per heavy atom. The molecule has 0 saturated heterocycles. The van der Waals surface area contributed by atoms with Gasteiger partial charge in [0, 0.05) is 11.1 Å². The molecule has 0 aromatic heterocycles. The second kappa shape index (κ2) is 7.38. The predicted molar refractivity (Wildman–Crippen MR) is 111 cm³/mol. The van der Waals surface area contributed by atoms with Crippen LogP contribution < -0.4 is 9.49 Å². The van der Waals surface area contributed by atoms with Gasteiger partial charge in [0.05, 0.1) is 0 Å². The van der Waals surface area contributed by atoms with Crippen molar-refractivity contribution in [3.05, 3.63) is 72.8 Å². The van der Waals surface area contributed by atoms with Crippen LogP contribution in [0, 0.1) is 0 Å². The summed E-state index contributed by atoms with van der Waals surface area (Å²) in [6, 6.07) is 19.9. The van der Waals surface area contributed by atoms with Crippen LogP contribution in [0.5, 0.6) is 5.75 Å². The molecule has 1 atom stereocenters. The van der Waals surface area contributed by atoms with Crippen molar-refractivity contribution in [1.29, 1.82) is 0 Å². The Morgan fingerprint density at radius 2 is 1.27 bits per heavy atom. The fraction of sp³-hybridized carbons (Fsp3) is 0.0476. The van der Waals surface area contributed by atoms with Crippen LogP contribution in [0.3, 0.4) is 0 Å². The molecule has 9 heteroatoms. The molecule has 0 fully saturated rings. The van der Waals surface area contributed by atoms with Crippen molar-refractivity contribution in [1.82, 2.24) is 0 Å². The first-order chi connectivity index (χ1) is 14.2. The molecule has 0 bridgehead atoms. The van der Waals surface area contributed by atoms with Gasteiger partial charge in [0.25, 0.3) is 0 Å². The third kappa shape index (κ3) is 3.42. The summed E-state index contributed by atoms with van der Waals surface area (Å²) in [4.78, 5) is 0. The molecule has 0 N–H and O–H groups in total. The summed E-state index contributed by atoms with van der Waals surface area (Å²) >= 11 is 0. The monoisotopic (exact) mass is 449 g/mol. The van der Waals surface area contributed by atoms with Gasteiger partial charge in [0.15, 0.2) is 11.1 Å². The van der Waals surface area contributed by atoms with Crippen LogP contribution in [0.25, 0.3) is 32.7 Å². The Morgan fingerprint density at radius 1 is 0.733 bits per heavy atom. The third-order valence-corrected chi connectivity index (χ3v) is 6.27. The van der Waals surface area contributed by atoms with Crippen molar-refractivity contribution in [2.75, 3.05) is 0 Å². The zero-order valence-electron chi connectivity index (χ0n) is 15.1. The van der Waals surface area contributed by atoms with E-state index in [9.17, 15) is 26.2 Å². The van der Waals surface area contributed by atoms with Crippen LogP contribution in [0.15, 0.2) is 72.8 Å². The van der Waals surface area contributed by atoms with Gasteiger partial charge in [-0.15, -0.1) is 0 Å². The molecule has 0 spiro atoms. The van der Waals surface area contributed by atoms with Gasteiger partial charge in [-0.1, -0.05) is 59.2 Å². The topological polar surface area (TPSA) is 60.4 Å². The van der Waals surface area contributed by atoms with E-state index >= 15 is 0 Å². The van der Waals surface area contributed by atoms with E-state index in [4.69, 9.17) is 0 Å². The van der Waals surface area contributed by atoms with Crippen LogP contribution in [0.1, 0.15) is 0 Å². The van der Waals surface area contributed by atoms with E-state index in [0.29, 0.717) is 27.0 Å². The van der Waals surface area contributed by atoms with Gasteiger partial charge in [-0.05, 0) is 39.7 Å². The lowest BCUT2D eigenvalue weighted by molar-refractivity contribution is -0.0499. The highest BCUT2D eigenvalue weighted by molar-refractivity contribution is 7.88. The number of alkyl halides is 3. The number of rotatable bonds is 4. The lowest BCUT2D eigenvalue weighted by Crippen LogP contribution is -2.28. The molecular weight excluding hydrogens is 436 g/mol. The lowest BCUT2D eigenvalue weighted by atomic mass is 9.93. The molecule has 1 unspecified atom stereocenters. The molecular formula is C21H13F3O4PS+. The Kier molecular flexibility index (Phi) is 5.00. The molecule has 0 amide bonds. The maximum Gasteiger partial charge on any atom is 0.534 e. The Hall–Kier alpha value is -2.96. The largest absolute Gasteiger partial charge is 0.534 e. The molecule has 4 aromatic carbocycles. The number of hydrogen-bond donors (Lipinski definition) is 0. The molecule has 0 radical (unpaired) electrons. The molecule has 152 valence electrons. The van der Waals surface area contributed by atoms with Crippen molar-refractivity contribution < 1.29 is 30.3 Å². The number of halogens is 3. The fourth-order valence-electron chi connectivity index (χ4n) is 3.37. The maximum atomic E-state index is 13.0. The second-order valence-corrected chi connectivity index (χ2v) is 8.73. The van der Waals surface area contributed by atoms with Crippen molar-refractivity contribution in [2.24, 2.45) is 0 Å². The van der Waals surface area contributed by atoms with Crippen LogP contribution in [-0.4, -0.2) is 13.9 Å². The van der Waals surface area contributed by atoms with Crippen molar-refractivity contribution >= 4 is 45.4 Å². The quantitative estimate of drug-likeness (QED) is 0.233. The van der Waals surface area contributed by atoms with Gasteiger partial charge in [0.2, 0.25) is 0 Å². The highest BCUT2D eigenvalue weighted by Gasteiger charge is 2.49. The molecule has 0 aliphatic carbocycles. The Labute approximate surface area is 171 Å². The summed E-state index contributed by atoms with van der Waals surface area (Å²) in [6.45, 7) is 0. The van der Waals surface area contributed by atoms with E-state index in [-0.39, 0.29) is 5.56 Å². The first-order valence-corrected chi connectivity index (χ1v) is 11.0. The molecule has 4 rings (SSSR count). The fourth-order valence-corrected chi connectivity index (χ4v) is 4.35. The van der Waals surface area contributed by atoms with E-state index in [1.807, 2.05) is 0 Å². The van der Waals surface area contributed by atoms with Crippen LogP contribution in [0.4, 0.5) is 13.2 Å². The molecule has 0 saturated carbocycles. The van der Waals surface area contributed by atoms with Crippen molar-refractivity contribution in [2.45, 2.75) is 5.51 Å². The minimum Gasteiger partial charge on any atom is -0.375 e. The molecule has 0 heterocycles. The summed E-state index contributed by atoms with van der Waals surface area (Å²) in [7, 11) is -6.81. The molecule has 4 aromatic rings. The summed E-state index contributed by atoms with van der Waals surface area (Å²) in [5.74, 6) is -0.484. The van der Waals surface area contributed by atoms with Crippen molar-refractivity contribution in [3.8, 4) is 16.9 Å². The number of benzene rings is 4. The summed E-state index contributed by atoms with van der Waals surface area (Å²) in [5, 5.41) is 2.86. The zero-order valence-corrected chi connectivity index (χ0v) is 16.9. The van der Waals surface area contributed by atoms with Gasteiger partial charge in [0.1, 0.15) is 0 Å². The molecule has 0 aliphatic heterocycles. The summed E-state index contributed by atoms with van der Waals surface area (Å²) in [6.07, 6.45) is 0. The van der Waals surface area contributed by atoms with Gasteiger partial charge >= 0.3 is 24.1 Å². The predicted octanol–water partition coefficient (Wildman–Crippen LogP) is 5.54. The second-order valence-electron chi connectivity index (χ2n) is 6.45. The van der Waals surface area contributed by atoms with Crippen LogP contribution >= 0.6 is 8.46 Å². The third-order valence-electron chi connectivity index (χ3n) is 4.66. The Balaban J connectivity index is 2.14. The Bertz CT molecular complexity index is 1400. The molecule has 0 aliphatic rings. The zero-order chi connectivity index (χ0) is 21.5. The minimum atomic E-state index is -5.90. The van der Waals surface area contributed by atoms with Gasteiger partial charge < -0.3 is 4.18 Å². The van der Waals surface area contributed by atoms with E-state index in [2.05, 4.69) is 4.18 Å².